The molecule has 1 amide bonds. The number of halogens is 1. The van der Waals surface area contributed by atoms with Crippen LogP contribution in [0.5, 0.6) is 11.5 Å². The van der Waals surface area contributed by atoms with Crippen molar-refractivity contribution >= 4 is 40.6 Å². The number of benzene rings is 4. The van der Waals surface area contributed by atoms with Crippen LogP contribution in [0.4, 0.5) is 0 Å². The number of nitrogens with one attached hydrogen (secondary N) is 2. The van der Waals surface area contributed by atoms with Crippen LogP contribution in [-0.2, 0) is 0 Å². The first-order valence-corrected chi connectivity index (χ1v) is 12.1. The van der Waals surface area contributed by atoms with Crippen LogP contribution in [0, 0.1) is 0 Å². The summed E-state index contributed by atoms with van der Waals surface area (Å²) in [6.07, 6.45) is 1.42. The number of hydrazone groups is 1. The van der Waals surface area contributed by atoms with E-state index in [4.69, 9.17) is 21.1 Å². The first-order valence-electron chi connectivity index (χ1n) is 11.7. The third kappa shape index (κ3) is 5.14. The average molecular weight is 524 g/mol. The predicted octanol–water partition coefficient (Wildman–Crippen LogP) is 6.48. The zero-order valence-electron chi connectivity index (χ0n) is 20.3. The number of carbonyl (C=O) groups excluding carboxylic acids is 2. The second-order valence-corrected chi connectivity index (χ2v) is 8.69. The summed E-state index contributed by atoms with van der Waals surface area (Å²) in [7, 11) is 1.46. The number of hydrogen-bond acceptors (Lipinski definition) is 5. The van der Waals surface area contributed by atoms with Gasteiger partial charge < -0.3 is 14.5 Å². The Balaban J connectivity index is 1.38. The zero-order valence-corrected chi connectivity index (χ0v) is 21.0. The molecule has 0 fully saturated rings. The molecule has 0 saturated heterocycles. The highest BCUT2D eigenvalue weighted by atomic mass is 35.5. The largest absolute Gasteiger partial charge is 0.496 e. The van der Waals surface area contributed by atoms with E-state index >= 15 is 0 Å². The SMILES string of the molecule is COc1ccc(Cl)cc1C(=O)Oc1ccccc1C=NNC(=O)c1[nH]c2ccccc2c1-c1ccccc1. The molecule has 0 radical (unpaired) electrons. The lowest BCUT2D eigenvalue weighted by Gasteiger charge is -2.10. The summed E-state index contributed by atoms with van der Waals surface area (Å²) in [6, 6.07) is 28.9. The third-order valence-electron chi connectivity index (χ3n) is 5.87. The lowest BCUT2D eigenvalue weighted by Crippen LogP contribution is -2.19. The lowest BCUT2D eigenvalue weighted by molar-refractivity contribution is 0.0730. The summed E-state index contributed by atoms with van der Waals surface area (Å²) in [5.41, 5.74) is 6.19. The van der Waals surface area contributed by atoms with E-state index in [2.05, 4.69) is 15.5 Å². The number of para-hydroxylation sites is 2. The Morgan fingerprint density at radius 2 is 1.63 bits per heavy atom. The van der Waals surface area contributed by atoms with Gasteiger partial charge in [0.15, 0.2) is 0 Å². The second kappa shape index (κ2) is 11.0. The van der Waals surface area contributed by atoms with Crippen molar-refractivity contribution in [2.75, 3.05) is 7.11 Å². The molecule has 0 spiro atoms. The Labute approximate surface area is 223 Å². The van der Waals surface area contributed by atoms with Crippen LogP contribution in [0.2, 0.25) is 5.02 Å². The number of ether oxygens (including phenoxy) is 2. The number of methoxy groups -OCH3 is 1. The van der Waals surface area contributed by atoms with Crippen molar-refractivity contribution < 1.29 is 19.1 Å². The summed E-state index contributed by atoms with van der Waals surface area (Å²) in [5.74, 6) is -0.451. The zero-order chi connectivity index (χ0) is 26.5. The number of hydrogen-bond donors (Lipinski definition) is 2. The van der Waals surface area contributed by atoms with E-state index in [0.717, 1.165) is 22.0 Å². The van der Waals surface area contributed by atoms with Crippen molar-refractivity contribution in [1.82, 2.24) is 10.4 Å². The number of nitrogens with zero attached hydrogens (tertiary/aromatic N) is 1. The van der Waals surface area contributed by atoms with Crippen molar-refractivity contribution in [2.24, 2.45) is 5.10 Å². The van der Waals surface area contributed by atoms with E-state index in [9.17, 15) is 9.59 Å². The smallest absolute Gasteiger partial charge is 0.347 e. The van der Waals surface area contributed by atoms with Crippen LogP contribution in [0.3, 0.4) is 0 Å². The molecule has 2 N–H and O–H groups in total. The van der Waals surface area contributed by atoms with Crippen molar-refractivity contribution in [3.8, 4) is 22.6 Å². The van der Waals surface area contributed by atoms with Gasteiger partial charge in [0.1, 0.15) is 22.8 Å². The summed E-state index contributed by atoms with van der Waals surface area (Å²) < 4.78 is 10.9. The molecule has 1 aromatic heterocycles. The van der Waals surface area contributed by atoms with Gasteiger partial charge in [0.2, 0.25) is 0 Å². The fraction of sp³-hybridized carbons (Fsp3) is 0.0333. The van der Waals surface area contributed by atoms with E-state index in [-0.39, 0.29) is 11.3 Å². The van der Waals surface area contributed by atoms with Gasteiger partial charge in [-0.05, 0) is 42.0 Å². The van der Waals surface area contributed by atoms with Crippen LogP contribution in [0.15, 0.2) is 102 Å². The maximum Gasteiger partial charge on any atom is 0.347 e. The molecule has 7 nitrogen and oxygen atoms in total. The molecule has 188 valence electrons. The first-order chi connectivity index (χ1) is 18.5. The van der Waals surface area contributed by atoms with Gasteiger partial charge in [-0.1, -0.05) is 72.3 Å². The Morgan fingerprint density at radius 3 is 2.45 bits per heavy atom. The molecule has 0 unspecified atom stereocenters. The number of aromatic amines is 1. The number of H-pyrrole nitrogens is 1. The molecule has 0 atom stereocenters. The molecular formula is C30H22ClN3O4. The number of rotatable bonds is 7. The normalized spacial score (nSPS) is 11.0. The number of esters is 1. The maximum atomic E-state index is 13.2. The van der Waals surface area contributed by atoms with E-state index in [1.807, 2.05) is 54.6 Å². The Bertz CT molecular complexity index is 1660. The van der Waals surface area contributed by atoms with Gasteiger partial charge in [-0.25, -0.2) is 10.2 Å². The quantitative estimate of drug-likeness (QED) is 0.110. The van der Waals surface area contributed by atoms with Crippen molar-refractivity contribution in [2.45, 2.75) is 0 Å². The van der Waals surface area contributed by atoms with Gasteiger partial charge in [0.25, 0.3) is 5.91 Å². The Kier molecular flexibility index (Phi) is 7.19. The number of amides is 1. The summed E-state index contributed by atoms with van der Waals surface area (Å²) in [4.78, 5) is 29.2. The fourth-order valence-corrected chi connectivity index (χ4v) is 4.28. The van der Waals surface area contributed by atoms with Crippen molar-refractivity contribution in [1.29, 1.82) is 0 Å². The topological polar surface area (TPSA) is 92.8 Å². The Morgan fingerprint density at radius 1 is 0.895 bits per heavy atom. The number of carbonyl (C=O) groups is 2. The van der Waals surface area contributed by atoms with E-state index in [0.29, 0.717) is 22.0 Å². The third-order valence-corrected chi connectivity index (χ3v) is 6.10. The lowest BCUT2D eigenvalue weighted by atomic mass is 10.0. The molecule has 0 aliphatic rings. The van der Waals surface area contributed by atoms with Gasteiger partial charge in [-0.3, -0.25) is 4.79 Å². The van der Waals surface area contributed by atoms with Gasteiger partial charge in [0, 0.05) is 27.1 Å². The summed E-state index contributed by atoms with van der Waals surface area (Å²) in [6.45, 7) is 0. The minimum Gasteiger partial charge on any atom is -0.496 e. The van der Waals surface area contributed by atoms with Crippen LogP contribution in [0.25, 0.3) is 22.0 Å². The molecule has 4 aromatic carbocycles. The minimum atomic E-state index is -0.639. The summed E-state index contributed by atoms with van der Waals surface area (Å²) in [5, 5.41) is 5.44. The standard InChI is InChI=1S/C30H22ClN3O4/c1-37-26-16-15-21(31)17-23(26)30(36)38-25-14-8-5-11-20(25)18-32-34-29(35)28-27(19-9-3-2-4-10-19)22-12-6-7-13-24(22)33-28/h2-18,33H,1H3,(H,34,35). The van der Waals surface area contributed by atoms with Gasteiger partial charge in [-0.2, -0.15) is 5.10 Å². The minimum absolute atomic E-state index is 0.187. The molecule has 0 aliphatic carbocycles. The Hall–Kier alpha value is -4.88. The molecule has 0 bridgehead atoms. The molecule has 8 heteroatoms. The van der Waals surface area contributed by atoms with Crippen LogP contribution >= 0.6 is 11.6 Å². The van der Waals surface area contributed by atoms with Gasteiger partial charge in [-0.15, -0.1) is 0 Å². The van der Waals surface area contributed by atoms with Crippen LogP contribution in [-0.4, -0.2) is 30.2 Å². The van der Waals surface area contributed by atoms with Crippen molar-refractivity contribution in [3.05, 3.63) is 119 Å². The van der Waals surface area contributed by atoms with Gasteiger partial charge >= 0.3 is 5.97 Å². The number of fused-ring (bicyclic) bond motifs is 1. The van der Waals surface area contributed by atoms with E-state index < -0.39 is 11.9 Å². The molecule has 1 heterocycles. The monoisotopic (exact) mass is 523 g/mol. The van der Waals surface area contributed by atoms with Crippen molar-refractivity contribution in [3.63, 3.8) is 0 Å². The average Bonchev–Trinajstić information content (AvgIpc) is 3.34. The first kappa shape index (κ1) is 24.8. The van der Waals surface area contributed by atoms with E-state index in [1.54, 1.807) is 36.4 Å². The van der Waals surface area contributed by atoms with E-state index in [1.165, 1.54) is 19.4 Å². The molecule has 5 rings (SSSR count). The number of aromatic nitrogens is 1. The molecular weight excluding hydrogens is 502 g/mol. The summed E-state index contributed by atoms with van der Waals surface area (Å²) >= 11 is 6.05. The molecule has 5 aromatic rings. The molecule has 0 aliphatic heterocycles. The highest BCUT2D eigenvalue weighted by Gasteiger charge is 2.19. The van der Waals surface area contributed by atoms with Gasteiger partial charge in [0.05, 0.1) is 13.3 Å². The maximum absolute atomic E-state index is 13.2. The second-order valence-electron chi connectivity index (χ2n) is 8.26. The highest BCUT2D eigenvalue weighted by Crippen LogP contribution is 2.32. The van der Waals surface area contributed by atoms with Crippen LogP contribution < -0.4 is 14.9 Å². The molecule has 38 heavy (non-hydrogen) atoms. The predicted molar refractivity (Wildman–Crippen MR) is 148 cm³/mol. The fourth-order valence-electron chi connectivity index (χ4n) is 4.11. The van der Waals surface area contributed by atoms with Crippen LogP contribution in [0.1, 0.15) is 26.4 Å². The highest BCUT2D eigenvalue weighted by molar-refractivity contribution is 6.31. The molecule has 0 saturated carbocycles.